The highest BCUT2D eigenvalue weighted by molar-refractivity contribution is 7.12. The lowest BCUT2D eigenvalue weighted by atomic mass is 10.0. The molecule has 0 saturated carbocycles. The van der Waals surface area contributed by atoms with Crippen molar-refractivity contribution in [3.05, 3.63) is 57.0 Å². The Bertz CT molecular complexity index is 536. The Morgan fingerprint density at radius 3 is 2.67 bits per heavy atom. The number of hydrogen-bond acceptors (Lipinski definition) is 3. The fourth-order valence-corrected chi connectivity index (χ4v) is 2.91. The molecule has 0 aliphatic rings. The predicted molar refractivity (Wildman–Crippen MR) is 74.0 cm³/mol. The van der Waals surface area contributed by atoms with Crippen LogP contribution in [0.25, 0.3) is 0 Å². The van der Waals surface area contributed by atoms with E-state index in [0.717, 1.165) is 16.9 Å². The van der Waals surface area contributed by atoms with E-state index in [4.69, 9.17) is 5.84 Å². The standard InChI is InChI=1S/C14H17FN2S/c1-3-11-6-7-13(18-11)14(17-16)10-5-4-9(2)12(15)8-10/h4-8,14,17H,3,16H2,1-2H3. The molecule has 0 fully saturated rings. The lowest BCUT2D eigenvalue weighted by Crippen LogP contribution is -2.28. The maximum atomic E-state index is 13.6. The van der Waals surface area contributed by atoms with Gasteiger partial charge >= 0.3 is 0 Å². The highest BCUT2D eigenvalue weighted by Gasteiger charge is 2.15. The average Bonchev–Trinajstić information content (AvgIpc) is 2.83. The monoisotopic (exact) mass is 264 g/mol. The number of hydrogen-bond donors (Lipinski definition) is 2. The molecule has 0 bridgehead atoms. The van der Waals surface area contributed by atoms with Crippen LogP contribution in [0.1, 0.15) is 33.8 Å². The molecule has 2 rings (SSSR count). The SMILES string of the molecule is CCc1ccc(C(NN)c2ccc(C)c(F)c2)s1. The third-order valence-electron chi connectivity index (χ3n) is 3.01. The lowest BCUT2D eigenvalue weighted by Gasteiger charge is -2.15. The molecule has 0 spiro atoms. The first-order valence-electron chi connectivity index (χ1n) is 5.96. The van der Waals surface area contributed by atoms with Crippen molar-refractivity contribution in [1.29, 1.82) is 0 Å². The molecule has 0 amide bonds. The first-order chi connectivity index (χ1) is 8.65. The Morgan fingerprint density at radius 1 is 1.33 bits per heavy atom. The van der Waals surface area contributed by atoms with Crippen LogP contribution < -0.4 is 11.3 Å². The fourth-order valence-electron chi connectivity index (χ4n) is 1.87. The van der Waals surface area contributed by atoms with E-state index in [-0.39, 0.29) is 11.9 Å². The van der Waals surface area contributed by atoms with Crippen molar-refractivity contribution >= 4 is 11.3 Å². The van der Waals surface area contributed by atoms with Crippen molar-refractivity contribution in [1.82, 2.24) is 5.43 Å². The Balaban J connectivity index is 2.35. The zero-order chi connectivity index (χ0) is 13.1. The topological polar surface area (TPSA) is 38.0 Å². The molecule has 1 aromatic heterocycles. The molecule has 1 atom stereocenters. The number of nitrogens with two attached hydrogens (primary N) is 1. The Kier molecular flexibility index (Phi) is 4.11. The van der Waals surface area contributed by atoms with Crippen molar-refractivity contribution in [3.63, 3.8) is 0 Å². The molecule has 0 saturated heterocycles. The molecule has 3 N–H and O–H groups in total. The zero-order valence-electron chi connectivity index (χ0n) is 10.5. The smallest absolute Gasteiger partial charge is 0.126 e. The maximum absolute atomic E-state index is 13.6. The Labute approximate surface area is 111 Å². The quantitative estimate of drug-likeness (QED) is 0.657. The van der Waals surface area contributed by atoms with Gasteiger partial charge in [-0.1, -0.05) is 19.1 Å². The predicted octanol–water partition coefficient (Wildman–Crippen LogP) is 3.31. The summed E-state index contributed by atoms with van der Waals surface area (Å²) in [7, 11) is 0. The highest BCUT2D eigenvalue weighted by Crippen LogP contribution is 2.29. The second kappa shape index (κ2) is 5.61. The first kappa shape index (κ1) is 13.2. The van der Waals surface area contributed by atoms with Crippen LogP contribution in [0.3, 0.4) is 0 Å². The third-order valence-corrected chi connectivity index (χ3v) is 4.31. The minimum Gasteiger partial charge on any atom is -0.271 e. The summed E-state index contributed by atoms with van der Waals surface area (Å²) in [6.45, 7) is 3.87. The van der Waals surface area contributed by atoms with Crippen LogP contribution in [0.5, 0.6) is 0 Å². The van der Waals surface area contributed by atoms with Crippen LogP contribution in [-0.4, -0.2) is 0 Å². The van der Waals surface area contributed by atoms with E-state index in [2.05, 4.69) is 18.4 Å². The summed E-state index contributed by atoms with van der Waals surface area (Å²) >= 11 is 1.71. The van der Waals surface area contributed by atoms with E-state index in [1.807, 2.05) is 12.1 Å². The summed E-state index contributed by atoms with van der Waals surface area (Å²) in [6, 6.07) is 9.23. The van der Waals surface area contributed by atoms with Crippen LogP contribution in [0.4, 0.5) is 4.39 Å². The van der Waals surface area contributed by atoms with E-state index in [1.165, 1.54) is 4.88 Å². The number of hydrazine groups is 1. The van der Waals surface area contributed by atoms with Crippen LogP contribution in [0.2, 0.25) is 0 Å². The van der Waals surface area contributed by atoms with E-state index < -0.39 is 0 Å². The molecule has 1 aromatic carbocycles. The number of nitrogens with one attached hydrogen (secondary N) is 1. The molecule has 1 heterocycles. The number of halogens is 1. The van der Waals surface area contributed by atoms with Gasteiger partial charge in [0.05, 0.1) is 6.04 Å². The van der Waals surface area contributed by atoms with Gasteiger partial charge in [-0.25, -0.2) is 9.82 Å². The minimum absolute atomic E-state index is 0.148. The van der Waals surface area contributed by atoms with Crippen molar-refractivity contribution in [2.45, 2.75) is 26.3 Å². The summed E-state index contributed by atoms with van der Waals surface area (Å²) in [6.07, 6.45) is 1.00. The van der Waals surface area contributed by atoms with E-state index in [9.17, 15) is 4.39 Å². The summed E-state index contributed by atoms with van der Waals surface area (Å²) in [5.74, 6) is 5.42. The summed E-state index contributed by atoms with van der Waals surface area (Å²) in [4.78, 5) is 2.41. The van der Waals surface area contributed by atoms with Gasteiger partial charge in [-0.05, 0) is 42.7 Å². The van der Waals surface area contributed by atoms with Crippen LogP contribution >= 0.6 is 11.3 Å². The normalized spacial score (nSPS) is 12.7. The van der Waals surface area contributed by atoms with Gasteiger partial charge < -0.3 is 0 Å². The number of thiophene rings is 1. The molecule has 0 aliphatic carbocycles. The van der Waals surface area contributed by atoms with Crippen LogP contribution in [-0.2, 0) is 6.42 Å². The van der Waals surface area contributed by atoms with Gasteiger partial charge in [0.2, 0.25) is 0 Å². The third kappa shape index (κ3) is 2.61. The lowest BCUT2D eigenvalue weighted by molar-refractivity contribution is 0.602. The fraction of sp³-hybridized carbons (Fsp3) is 0.286. The van der Waals surface area contributed by atoms with Gasteiger partial charge in [0.15, 0.2) is 0 Å². The molecular formula is C14H17FN2S. The second-order valence-electron chi connectivity index (χ2n) is 4.27. The molecule has 4 heteroatoms. The van der Waals surface area contributed by atoms with Crippen molar-refractivity contribution < 1.29 is 4.39 Å². The second-order valence-corrected chi connectivity index (χ2v) is 5.47. The van der Waals surface area contributed by atoms with Crippen molar-refractivity contribution in [3.8, 4) is 0 Å². The maximum Gasteiger partial charge on any atom is 0.126 e. The summed E-state index contributed by atoms with van der Waals surface area (Å²) in [5, 5.41) is 0. The van der Waals surface area contributed by atoms with E-state index in [0.29, 0.717) is 5.56 Å². The van der Waals surface area contributed by atoms with Gasteiger partial charge in [-0.3, -0.25) is 5.84 Å². The van der Waals surface area contributed by atoms with Gasteiger partial charge in [0.1, 0.15) is 5.82 Å². The molecule has 2 aromatic rings. The van der Waals surface area contributed by atoms with Gasteiger partial charge in [-0.2, -0.15) is 0 Å². The number of aryl methyl sites for hydroxylation is 2. The average molecular weight is 264 g/mol. The van der Waals surface area contributed by atoms with Crippen molar-refractivity contribution in [2.75, 3.05) is 0 Å². The van der Waals surface area contributed by atoms with E-state index in [1.54, 1.807) is 30.4 Å². The molecular weight excluding hydrogens is 247 g/mol. The Hall–Kier alpha value is -1.23. The van der Waals surface area contributed by atoms with Crippen LogP contribution in [0.15, 0.2) is 30.3 Å². The van der Waals surface area contributed by atoms with E-state index >= 15 is 0 Å². The molecule has 1 unspecified atom stereocenters. The Morgan fingerprint density at radius 2 is 2.11 bits per heavy atom. The minimum atomic E-state index is -0.194. The molecule has 2 nitrogen and oxygen atoms in total. The van der Waals surface area contributed by atoms with Crippen LogP contribution in [0, 0.1) is 12.7 Å². The number of benzene rings is 1. The summed E-state index contributed by atoms with van der Waals surface area (Å²) < 4.78 is 13.6. The van der Waals surface area contributed by atoms with Gasteiger partial charge in [0, 0.05) is 9.75 Å². The van der Waals surface area contributed by atoms with Gasteiger partial charge in [-0.15, -0.1) is 11.3 Å². The molecule has 0 radical (unpaired) electrons. The van der Waals surface area contributed by atoms with Crippen molar-refractivity contribution in [2.24, 2.45) is 5.84 Å². The largest absolute Gasteiger partial charge is 0.271 e. The first-order valence-corrected chi connectivity index (χ1v) is 6.78. The molecule has 96 valence electrons. The van der Waals surface area contributed by atoms with Gasteiger partial charge in [0.25, 0.3) is 0 Å². The molecule has 18 heavy (non-hydrogen) atoms. The summed E-state index contributed by atoms with van der Waals surface area (Å²) in [5.41, 5.74) is 4.26. The number of rotatable bonds is 4. The zero-order valence-corrected chi connectivity index (χ0v) is 11.4. The molecule has 0 aliphatic heterocycles. The highest BCUT2D eigenvalue weighted by atomic mass is 32.1.